The largest absolute Gasteiger partial charge is 0.166 e. The SMILES string of the molecule is C/C=C\C(=C/C)[S+](c1ccccc1)c1ccc(C(C)(C)C)cc1.CC. The third-order valence-electron chi connectivity index (χ3n) is 3.79. The first-order valence-electron chi connectivity index (χ1n) is 9.16. The van der Waals surface area contributed by atoms with E-state index in [-0.39, 0.29) is 16.3 Å². The molecule has 0 amide bonds. The molecule has 1 heteroatoms. The van der Waals surface area contributed by atoms with Crippen molar-refractivity contribution in [1.29, 1.82) is 0 Å². The highest BCUT2D eigenvalue weighted by atomic mass is 32.2. The van der Waals surface area contributed by atoms with Gasteiger partial charge in [0, 0.05) is 0 Å². The molecule has 0 saturated carbocycles. The van der Waals surface area contributed by atoms with Gasteiger partial charge in [0.05, 0.1) is 10.9 Å². The van der Waals surface area contributed by atoms with Gasteiger partial charge in [-0.3, -0.25) is 0 Å². The zero-order valence-corrected chi connectivity index (χ0v) is 17.7. The maximum atomic E-state index is 2.30. The highest BCUT2D eigenvalue weighted by Gasteiger charge is 2.29. The van der Waals surface area contributed by atoms with Crippen molar-refractivity contribution >= 4 is 10.9 Å². The van der Waals surface area contributed by atoms with Crippen LogP contribution in [0.25, 0.3) is 0 Å². The summed E-state index contributed by atoms with van der Waals surface area (Å²) in [5.74, 6) is 0. The first-order chi connectivity index (χ1) is 12.0. The molecule has 134 valence electrons. The Hall–Kier alpha value is -1.73. The summed E-state index contributed by atoms with van der Waals surface area (Å²) in [6.45, 7) is 15.0. The molecule has 0 aliphatic heterocycles. The molecule has 0 aliphatic carbocycles. The van der Waals surface area contributed by atoms with Crippen molar-refractivity contribution in [2.24, 2.45) is 0 Å². The van der Waals surface area contributed by atoms with Gasteiger partial charge in [-0.15, -0.1) is 0 Å². The molecule has 0 saturated heterocycles. The first-order valence-corrected chi connectivity index (χ1v) is 10.4. The van der Waals surface area contributed by atoms with E-state index in [0.29, 0.717) is 0 Å². The third-order valence-corrected chi connectivity index (χ3v) is 6.12. The van der Waals surface area contributed by atoms with Crippen LogP contribution in [-0.2, 0) is 16.3 Å². The van der Waals surface area contributed by atoms with Crippen LogP contribution in [-0.4, -0.2) is 0 Å². The van der Waals surface area contributed by atoms with Crippen LogP contribution in [0.2, 0.25) is 0 Å². The van der Waals surface area contributed by atoms with E-state index >= 15 is 0 Å². The van der Waals surface area contributed by atoms with Crippen LogP contribution in [0.4, 0.5) is 0 Å². The summed E-state index contributed by atoms with van der Waals surface area (Å²) in [7, 11) is -0.0497. The number of rotatable bonds is 4. The van der Waals surface area contributed by atoms with Crippen LogP contribution in [0.5, 0.6) is 0 Å². The number of hydrogen-bond acceptors (Lipinski definition) is 0. The lowest BCUT2D eigenvalue weighted by molar-refractivity contribution is 0.589. The molecule has 0 N–H and O–H groups in total. The van der Waals surface area contributed by atoms with Crippen molar-refractivity contribution in [1.82, 2.24) is 0 Å². The Morgan fingerprint density at radius 2 is 1.32 bits per heavy atom. The average Bonchev–Trinajstić information content (AvgIpc) is 2.63. The van der Waals surface area contributed by atoms with Crippen LogP contribution in [0.1, 0.15) is 54.0 Å². The minimum Gasteiger partial charge on any atom is -0.0827 e. The van der Waals surface area contributed by atoms with Crippen molar-refractivity contribution in [3.05, 3.63) is 83.3 Å². The average molecular weight is 354 g/mol. The molecule has 2 aromatic rings. The maximum Gasteiger partial charge on any atom is 0.166 e. The van der Waals surface area contributed by atoms with Gasteiger partial charge in [-0.25, -0.2) is 0 Å². The standard InChI is InChI=1S/C22H27S.C2H6/c1-6-11-19(7-2)23(20-12-9-8-10-13-20)21-16-14-18(15-17-21)22(3,4)5;1-2/h6-17H,1-5H3;1-2H3/q+1;/b11-6-,19-7+;. The van der Waals surface area contributed by atoms with E-state index in [2.05, 4.69) is 107 Å². The van der Waals surface area contributed by atoms with Crippen molar-refractivity contribution in [2.45, 2.75) is 63.7 Å². The molecule has 2 aromatic carbocycles. The second-order valence-electron chi connectivity index (χ2n) is 6.58. The van der Waals surface area contributed by atoms with E-state index < -0.39 is 0 Å². The smallest absolute Gasteiger partial charge is 0.0827 e. The Morgan fingerprint density at radius 3 is 1.76 bits per heavy atom. The highest BCUT2D eigenvalue weighted by molar-refractivity contribution is 8.00. The van der Waals surface area contributed by atoms with Crippen molar-refractivity contribution in [2.75, 3.05) is 0 Å². The van der Waals surface area contributed by atoms with Crippen molar-refractivity contribution in [3.8, 4) is 0 Å². The van der Waals surface area contributed by atoms with Gasteiger partial charge in [0.25, 0.3) is 0 Å². The summed E-state index contributed by atoms with van der Waals surface area (Å²) in [6.07, 6.45) is 6.59. The molecule has 0 aliphatic rings. The first kappa shape index (κ1) is 21.3. The van der Waals surface area contributed by atoms with Gasteiger partial charge in [-0.05, 0) is 61.2 Å². The molecule has 0 nitrogen and oxygen atoms in total. The Kier molecular flexibility index (Phi) is 8.78. The van der Waals surface area contributed by atoms with E-state index in [1.54, 1.807) is 0 Å². The lowest BCUT2D eigenvalue weighted by atomic mass is 9.87. The molecule has 1 atom stereocenters. The zero-order valence-electron chi connectivity index (χ0n) is 16.8. The maximum absolute atomic E-state index is 2.30. The fourth-order valence-electron chi connectivity index (χ4n) is 2.50. The molecule has 25 heavy (non-hydrogen) atoms. The van der Waals surface area contributed by atoms with Crippen LogP contribution in [0.3, 0.4) is 0 Å². The van der Waals surface area contributed by atoms with Gasteiger partial charge in [-0.1, -0.05) is 71.0 Å². The van der Waals surface area contributed by atoms with Gasteiger partial charge in [0.2, 0.25) is 0 Å². The molecule has 0 fully saturated rings. The topological polar surface area (TPSA) is 0 Å². The number of allylic oxidation sites excluding steroid dienone is 3. The summed E-state index contributed by atoms with van der Waals surface area (Å²) in [6, 6.07) is 19.9. The molecule has 0 radical (unpaired) electrons. The van der Waals surface area contributed by atoms with Gasteiger partial charge < -0.3 is 0 Å². The minimum absolute atomic E-state index is 0.0497. The summed E-state index contributed by atoms with van der Waals surface area (Å²) in [5.41, 5.74) is 1.57. The van der Waals surface area contributed by atoms with Gasteiger partial charge in [0.1, 0.15) is 0 Å². The lowest BCUT2D eigenvalue weighted by Gasteiger charge is -2.19. The Balaban J connectivity index is 0.00000151. The van der Waals surface area contributed by atoms with Crippen LogP contribution >= 0.6 is 0 Å². The normalized spacial score (nSPS) is 13.3. The number of hydrogen-bond donors (Lipinski definition) is 0. The quantitative estimate of drug-likeness (QED) is 0.393. The van der Waals surface area contributed by atoms with Crippen LogP contribution in [0, 0.1) is 0 Å². The summed E-state index contributed by atoms with van der Waals surface area (Å²) in [4.78, 5) is 4.10. The molecule has 0 heterocycles. The fourth-order valence-corrected chi connectivity index (χ4v) is 4.66. The predicted octanol–water partition coefficient (Wildman–Crippen LogP) is 7.53. The van der Waals surface area contributed by atoms with E-state index in [9.17, 15) is 0 Å². The molecule has 0 spiro atoms. The minimum atomic E-state index is -0.0497. The van der Waals surface area contributed by atoms with Gasteiger partial charge >= 0.3 is 0 Å². The molecular weight excluding hydrogens is 320 g/mol. The third kappa shape index (κ3) is 5.93. The monoisotopic (exact) mass is 353 g/mol. The van der Waals surface area contributed by atoms with Crippen LogP contribution in [0.15, 0.2) is 87.5 Å². The van der Waals surface area contributed by atoms with E-state index in [4.69, 9.17) is 0 Å². The van der Waals surface area contributed by atoms with E-state index in [1.807, 2.05) is 13.8 Å². The molecular formula is C24H33S+. The summed E-state index contributed by atoms with van der Waals surface area (Å²) >= 11 is 0. The Bertz CT molecular complexity index is 670. The van der Waals surface area contributed by atoms with Crippen molar-refractivity contribution < 1.29 is 0 Å². The lowest BCUT2D eigenvalue weighted by Crippen LogP contribution is -2.12. The summed E-state index contributed by atoms with van der Waals surface area (Å²) in [5, 5.41) is 0. The van der Waals surface area contributed by atoms with Crippen LogP contribution < -0.4 is 0 Å². The fraction of sp³-hybridized carbons (Fsp3) is 0.333. The molecule has 0 aromatic heterocycles. The summed E-state index contributed by atoms with van der Waals surface area (Å²) < 4.78 is 0. The van der Waals surface area contributed by atoms with Gasteiger partial charge in [0.15, 0.2) is 14.7 Å². The van der Waals surface area contributed by atoms with Crippen molar-refractivity contribution in [3.63, 3.8) is 0 Å². The molecule has 0 bridgehead atoms. The molecule has 1 unspecified atom stereocenters. The highest BCUT2D eigenvalue weighted by Crippen LogP contribution is 2.32. The Morgan fingerprint density at radius 1 is 0.800 bits per heavy atom. The Labute approximate surface area is 158 Å². The van der Waals surface area contributed by atoms with Gasteiger partial charge in [-0.2, -0.15) is 0 Å². The second-order valence-corrected chi connectivity index (χ2v) is 8.61. The number of benzene rings is 2. The van der Waals surface area contributed by atoms with E-state index in [0.717, 1.165) is 0 Å². The molecule has 2 rings (SSSR count). The second kappa shape index (κ2) is 10.3. The van der Waals surface area contributed by atoms with E-state index in [1.165, 1.54) is 20.3 Å². The zero-order chi connectivity index (χ0) is 18.9. The predicted molar refractivity (Wildman–Crippen MR) is 115 cm³/mol.